The fraction of sp³-hybridized carbons (Fsp3) is 0.409. The lowest BCUT2D eigenvalue weighted by Crippen LogP contribution is -2.30. The summed E-state index contributed by atoms with van der Waals surface area (Å²) in [5.74, 6) is 0.972. The number of piperidine rings is 1. The number of carbonyl (C=O) groups is 1. The van der Waals surface area contributed by atoms with Crippen molar-refractivity contribution >= 4 is 17.7 Å². The fourth-order valence-corrected chi connectivity index (χ4v) is 3.96. The van der Waals surface area contributed by atoms with Gasteiger partial charge >= 0.3 is 0 Å². The van der Waals surface area contributed by atoms with Crippen LogP contribution < -0.4 is 5.32 Å². The van der Waals surface area contributed by atoms with E-state index in [2.05, 4.69) is 40.7 Å². The monoisotopic (exact) mass is 368 g/mol. The van der Waals surface area contributed by atoms with E-state index in [4.69, 9.17) is 0 Å². The van der Waals surface area contributed by atoms with Gasteiger partial charge in [0.05, 0.1) is 0 Å². The second-order valence-corrected chi connectivity index (χ2v) is 7.78. The highest BCUT2D eigenvalue weighted by Gasteiger charge is 2.13. The van der Waals surface area contributed by atoms with E-state index in [1.54, 1.807) is 11.8 Å². The number of likely N-dealkylation sites (tertiary alicyclic amines) is 1. The van der Waals surface area contributed by atoms with Crippen LogP contribution >= 0.6 is 11.8 Å². The first-order valence-electron chi connectivity index (χ1n) is 9.41. The summed E-state index contributed by atoms with van der Waals surface area (Å²) in [6.07, 6.45) is 6.03. The summed E-state index contributed by atoms with van der Waals surface area (Å²) in [7, 11) is 0. The molecule has 4 heteroatoms. The number of nitrogens with one attached hydrogen (secondary N) is 1. The van der Waals surface area contributed by atoms with Crippen molar-refractivity contribution in [2.45, 2.75) is 38.1 Å². The summed E-state index contributed by atoms with van der Waals surface area (Å²) < 4.78 is 0. The lowest BCUT2D eigenvalue weighted by molar-refractivity contribution is 0.0950. The van der Waals surface area contributed by atoms with Crippen LogP contribution in [0.5, 0.6) is 0 Å². The van der Waals surface area contributed by atoms with Crippen LogP contribution in [-0.2, 0) is 18.8 Å². The maximum Gasteiger partial charge on any atom is 0.251 e. The molecule has 1 saturated heterocycles. The molecule has 1 heterocycles. The largest absolute Gasteiger partial charge is 0.348 e. The standard InChI is InChI=1S/C22H28N2OS/c1-26-17-18-9-11-19(12-10-18)22(25)23-15-20-7-3-4-8-21(20)16-24-13-5-2-6-14-24/h3-4,7-12H,2,5-6,13-17H2,1H3,(H,23,25). The van der Waals surface area contributed by atoms with Crippen molar-refractivity contribution in [2.75, 3.05) is 19.3 Å². The Morgan fingerprint density at radius 2 is 1.69 bits per heavy atom. The van der Waals surface area contributed by atoms with Crippen LogP contribution in [0.1, 0.15) is 46.3 Å². The van der Waals surface area contributed by atoms with Gasteiger partial charge in [0.15, 0.2) is 0 Å². The highest BCUT2D eigenvalue weighted by atomic mass is 32.2. The molecule has 1 amide bonds. The van der Waals surface area contributed by atoms with Crippen molar-refractivity contribution in [1.29, 1.82) is 0 Å². The predicted octanol–water partition coefficient (Wildman–Crippen LogP) is 4.47. The molecule has 3 rings (SSSR count). The van der Waals surface area contributed by atoms with E-state index in [0.717, 1.165) is 17.9 Å². The minimum absolute atomic E-state index is 0.00604. The second-order valence-electron chi connectivity index (χ2n) is 6.92. The van der Waals surface area contributed by atoms with Crippen LogP contribution in [-0.4, -0.2) is 30.2 Å². The summed E-state index contributed by atoms with van der Waals surface area (Å²) in [5.41, 5.74) is 4.51. The third kappa shape index (κ3) is 5.36. The van der Waals surface area contributed by atoms with Crippen molar-refractivity contribution in [2.24, 2.45) is 0 Å². The maximum atomic E-state index is 12.5. The van der Waals surface area contributed by atoms with Crippen molar-refractivity contribution in [3.8, 4) is 0 Å². The minimum atomic E-state index is -0.00604. The molecule has 0 bridgehead atoms. The lowest BCUT2D eigenvalue weighted by atomic mass is 10.0. The van der Waals surface area contributed by atoms with Crippen LogP contribution in [0.2, 0.25) is 0 Å². The molecule has 2 aromatic carbocycles. The number of benzene rings is 2. The molecule has 1 aliphatic rings. The topological polar surface area (TPSA) is 32.3 Å². The van der Waals surface area contributed by atoms with E-state index < -0.39 is 0 Å². The Labute approximate surface area is 161 Å². The first kappa shape index (κ1) is 19.0. The molecule has 0 spiro atoms. The van der Waals surface area contributed by atoms with Crippen LogP contribution in [0.15, 0.2) is 48.5 Å². The van der Waals surface area contributed by atoms with Gasteiger partial charge < -0.3 is 5.32 Å². The summed E-state index contributed by atoms with van der Waals surface area (Å²) in [4.78, 5) is 15.0. The molecule has 3 nitrogen and oxygen atoms in total. The molecule has 0 aromatic heterocycles. The van der Waals surface area contributed by atoms with Gasteiger partial charge in [-0.15, -0.1) is 0 Å². The van der Waals surface area contributed by atoms with Gasteiger partial charge in [-0.3, -0.25) is 9.69 Å². The number of carbonyl (C=O) groups excluding carboxylic acids is 1. The summed E-state index contributed by atoms with van der Waals surface area (Å²) in [6.45, 7) is 3.93. The Hall–Kier alpha value is -1.78. The lowest BCUT2D eigenvalue weighted by Gasteiger charge is -2.27. The van der Waals surface area contributed by atoms with Crippen LogP contribution in [0.4, 0.5) is 0 Å². The van der Waals surface area contributed by atoms with Crippen LogP contribution in [0.3, 0.4) is 0 Å². The number of hydrogen-bond acceptors (Lipinski definition) is 3. The van der Waals surface area contributed by atoms with Gasteiger partial charge in [-0.2, -0.15) is 11.8 Å². The molecule has 1 aliphatic heterocycles. The molecule has 2 aromatic rings. The van der Waals surface area contributed by atoms with Gasteiger partial charge in [0.1, 0.15) is 0 Å². The third-order valence-electron chi connectivity index (χ3n) is 4.93. The van der Waals surface area contributed by atoms with Gasteiger partial charge in [0.25, 0.3) is 5.91 Å². The zero-order valence-electron chi connectivity index (χ0n) is 15.5. The zero-order chi connectivity index (χ0) is 18.2. The Bertz CT molecular complexity index is 708. The van der Waals surface area contributed by atoms with E-state index in [1.165, 1.54) is 49.0 Å². The van der Waals surface area contributed by atoms with Crippen molar-refractivity contribution in [1.82, 2.24) is 10.2 Å². The van der Waals surface area contributed by atoms with E-state index in [0.29, 0.717) is 6.54 Å². The molecule has 0 unspecified atom stereocenters. The number of hydrogen-bond donors (Lipinski definition) is 1. The van der Waals surface area contributed by atoms with Gasteiger partial charge in [0.2, 0.25) is 0 Å². The van der Waals surface area contributed by atoms with Crippen LogP contribution in [0.25, 0.3) is 0 Å². The van der Waals surface area contributed by atoms with Gasteiger partial charge in [-0.1, -0.05) is 42.8 Å². The highest BCUT2D eigenvalue weighted by Crippen LogP contribution is 2.16. The third-order valence-corrected chi connectivity index (χ3v) is 5.55. The average molecular weight is 369 g/mol. The minimum Gasteiger partial charge on any atom is -0.348 e. The number of rotatable bonds is 7. The Morgan fingerprint density at radius 1 is 1.00 bits per heavy atom. The molecule has 0 saturated carbocycles. The van der Waals surface area contributed by atoms with E-state index >= 15 is 0 Å². The van der Waals surface area contributed by atoms with Crippen molar-refractivity contribution < 1.29 is 4.79 Å². The van der Waals surface area contributed by atoms with Gasteiger partial charge in [0, 0.05) is 24.4 Å². The molecule has 1 N–H and O–H groups in total. The number of amides is 1. The quantitative estimate of drug-likeness (QED) is 0.783. The van der Waals surface area contributed by atoms with Crippen LogP contribution in [0, 0.1) is 0 Å². The maximum absolute atomic E-state index is 12.5. The molecule has 0 aliphatic carbocycles. The first-order valence-corrected chi connectivity index (χ1v) is 10.8. The molecular formula is C22H28N2OS. The van der Waals surface area contributed by atoms with E-state index in [9.17, 15) is 4.79 Å². The molecule has 1 fully saturated rings. The van der Waals surface area contributed by atoms with Gasteiger partial charge in [-0.25, -0.2) is 0 Å². The molecular weight excluding hydrogens is 340 g/mol. The second kappa shape index (κ2) is 9.79. The first-order chi connectivity index (χ1) is 12.8. The van der Waals surface area contributed by atoms with E-state index in [1.807, 2.05) is 24.3 Å². The number of thioether (sulfide) groups is 1. The van der Waals surface area contributed by atoms with Gasteiger partial charge in [-0.05, 0) is 61.0 Å². The fourth-order valence-electron chi connectivity index (χ4n) is 3.44. The molecule has 0 radical (unpaired) electrons. The SMILES string of the molecule is CSCc1ccc(C(=O)NCc2ccccc2CN2CCCCC2)cc1. The molecule has 26 heavy (non-hydrogen) atoms. The number of nitrogens with zero attached hydrogens (tertiary/aromatic N) is 1. The Kier molecular flexibility index (Phi) is 7.15. The zero-order valence-corrected chi connectivity index (χ0v) is 16.4. The average Bonchev–Trinajstić information content (AvgIpc) is 2.69. The predicted molar refractivity (Wildman–Crippen MR) is 110 cm³/mol. The normalized spacial score (nSPS) is 15.0. The summed E-state index contributed by atoms with van der Waals surface area (Å²) >= 11 is 1.79. The highest BCUT2D eigenvalue weighted by molar-refractivity contribution is 7.97. The summed E-state index contributed by atoms with van der Waals surface area (Å²) in [6, 6.07) is 16.4. The van der Waals surface area contributed by atoms with E-state index in [-0.39, 0.29) is 5.91 Å². The van der Waals surface area contributed by atoms with Crippen molar-refractivity contribution in [3.63, 3.8) is 0 Å². The smallest absolute Gasteiger partial charge is 0.251 e. The Morgan fingerprint density at radius 3 is 2.38 bits per heavy atom. The molecule has 0 atom stereocenters. The molecule has 138 valence electrons. The summed E-state index contributed by atoms with van der Waals surface area (Å²) in [5, 5.41) is 3.08. The van der Waals surface area contributed by atoms with Crippen molar-refractivity contribution in [3.05, 3.63) is 70.8 Å². The Balaban J connectivity index is 1.59.